The lowest BCUT2D eigenvalue weighted by molar-refractivity contribution is 0.112. The first kappa shape index (κ1) is 13.4. The van der Waals surface area contributed by atoms with E-state index in [9.17, 15) is 4.79 Å². The fourth-order valence-electron chi connectivity index (χ4n) is 1.72. The van der Waals surface area contributed by atoms with Crippen molar-refractivity contribution in [2.45, 2.75) is 6.42 Å². The number of hydrogen-bond acceptors (Lipinski definition) is 5. The maximum Gasteiger partial charge on any atom is 0.156 e. The van der Waals surface area contributed by atoms with Crippen molar-refractivity contribution in [1.29, 1.82) is 0 Å². The van der Waals surface area contributed by atoms with Gasteiger partial charge in [-0.3, -0.25) is 9.78 Å². The number of pyridine rings is 1. The van der Waals surface area contributed by atoms with Gasteiger partial charge in [-0.15, -0.1) is 0 Å². The van der Waals surface area contributed by atoms with Crippen LogP contribution < -0.4 is 4.90 Å². The molecule has 0 N–H and O–H groups in total. The molecular weight excluding hydrogens is 264 g/mol. The third kappa shape index (κ3) is 3.26. The minimum absolute atomic E-state index is 0.177. The first-order valence-corrected chi connectivity index (χ1v) is 6.16. The molecule has 2 heterocycles. The number of nitrogens with zero attached hydrogens (tertiary/aromatic N) is 4. The van der Waals surface area contributed by atoms with Gasteiger partial charge in [-0.2, -0.15) is 0 Å². The Bertz CT molecular complexity index is 562. The molecule has 19 heavy (non-hydrogen) atoms. The smallest absolute Gasteiger partial charge is 0.156 e. The van der Waals surface area contributed by atoms with Crippen LogP contribution in [0, 0.1) is 0 Å². The molecule has 0 unspecified atom stereocenters. The molecule has 0 radical (unpaired) electrons. The summed E-state index contributed by atoms with van der Waals surface area (Å²) >= 11 is 5.87. The summed E-state index contributed by atoms with van der Waals surface area (Å²) < 4.78 is 0. The molecule has 0 amide bonds. The molecule has 0 aromatic carbocycles. The monoisotopic (exact) mass is 276 g/mol. The van der Waals surface area contributed by atoms with Crippen LogP contribution in [-0.2, 0) is 6.42 Å². The highest BCUT2D eigenvalue weighted by Gasteiger charge is 2.12. The molecular formula is C13H13ClN4O. The molecule has 98 valence electrons. The number of carbonyl (C=O) groups excluding carboxylic acids is 1. The normalized spacial score (nSPS) is 10.2. The topological polar surface area (TPSA) is 59.0 Å². The molecule has 2 rings (SSSR count). The number of hydrogen-bond donors (Lipinski definition) is 0. The maximum atomic E-state index is 11.0. The summed E-state index contributed by atoms with van der Waals surface area (Å²) in [6.45, 7) is 0.720. The lowest BCUT2D eigenvalue weighted by Gasteiger charge is -2.19. The van der Waals surface area contributed by atoms with Gasteiger partial charge in [-0.05, 0) is 24.1 Å². The van der Waals surface area contributed by atoms with Gasteiger partial charge < -0.3 is 4.90 Å². The molecule has 0 aliphatic carbocycles. The van der Waals surface area contributed by atoms with Crippen molar-refractivity contribution < 1.29 is 4.79 Å². The van der Waals surface area contributed by atoms with Crippen molar-refractivity contribution in [2.24, 2.45) is 0 Å². The van der Waals surface area contributed by atoms with Crippen molar-refractivity contribution in [3.8, 4) is 0 Å². The standard InChI is InChI=1S/C13H13ClN4O/c1-18(7-4-10-2-5-15-6-3-10)13-11(8-19)12(14)16-9-17-13/h2-3,5-6,8-9H,4,7H2,1H3. The number of likely N-dealkylation sites (N-methyl/N-ethyl adjacent to an activating group) is 1. The van der Waals surface area contributed by atoms with Gasteiger partial charge in [0, 0.05) is 26.0 Å². The predicted molar refractivity (Wildman–Crippen MR) is 73.6 cm³/mol. The molecule has 0 saturated heterocycles. The highest BCUT2D eigenvalue weighted by atomic mass is 35.5. The summed E-state index contributed by atoms with van der Waals surface area (Å²) in [5.74, 6) is 0.545. The van der Waals surface area contributed by atoms with Crippen LogP contribution in [0.25, 0.3) is 0 Å². The van der Waals surface area contributed by atoms with Gasteiger partial charge in [-0.25, -0.2) is 9.97 Å². The molecule has 2 aromatic rings. The van der Waals surface area contributed by atoms with Crippen molar-refractivity contribution in [1.82, 2.24) is 15.0 Å². The van der Waals surface area contributed by atoms with Gasteiger partial charge in [0.05, 0.1) is 5.56 Å². The number of aldehydes is 1. The Morgan fingerprint density at radius 2 is 2.05 bits per heavy atom. The van der Waals surface area contributed by atoms with Crippen LogP contribution in [0.15, 0.2) is 30.9 Å². The third-order valence-corrected chi connectivity index (χ3v) is 3.08. The molecule has 0 aliphatic rings. The number of aromatic nitrogens is 3. The lowest BCUT2D eigenvalue weighted by atomic mass is 10.2. The van der Waals surface area contributed by atoms with Crippen molar-refractivity contribution in [3.05, 3.63) is 47.1 Å². The van der Waals surface area contributed by atoms with Crippen LogP contribution in [0.5, 0.6) is 0 Å². The van der Waals surface area contributed by atoms with Gasteiger partial charge in [0.15, 0.2) is 6.29 Å². The van der Waals surface area contributed by atoms with E-state index in [1.807, 2.05) is 24.1 Å². The molecule has 5 nitrogen and oxygen atoms in total. The first-order valence-electron chi connectivity index (χ1n) is 5.78. The quantitative estimate of drug-likeness (QED) is 0.618. The average Bonchev–Trinajstić information content (AvgIpc) is 2.45. The van der Waals surface area contributed by atoms with E-state index in [1.54, 1.807) is 12.4 Å². The Hall–Kier alpha value is -2.01. The van der Waals surface area contributed by atoms with E-state index in [2.05, 4.69) is 15.0 Å². The second kappa shape index (κ2) is 6.24. The van der Waals surface area contributed by atoms with Crippen molar-refractivity contribution >= 4 is 23.7 Å². The SMILES string of the molecule is CN(CCc1ccncc1)c1ncnc(Cl)c1C=O. The Morgan fingerprint density at radius 3 is 2.74 bits per heavy atom. The predicted octanol–water partition coefficient (Wildman–Crippen LogP) is 2.02. The third-order valence-electron chi connectivity index (χ3n) is 2.78. The van der Waals surface area contributed by atoms with E-state index in [-0.39, 0.29) is 5.15 Å². The van der Waals surface area contributed by atoms with E-state index in [0.29, 0.717) is 17.7 Å². The van der Waals surface area contributed by atoms with Crippen LogP contribution in [0.3, 0.4) is 0 Å². The number of anilines is 1. The summed E-state index contributed by atoms with van der Waals surface area (Å²) in [5, 5.41) is 0.177. The lowest BCUT2D eigenvalue weighted by Crippen LogP contribution is -2.23. The Kier molecular flexibility index (Phi) is 4.41. The minimum atomic E-state index is 0.177. The highest BCUT2D eigenvalue weighted by molar-refractivity contribution is 6.32. The molecule has 0 bridgehead atoms. The summed E-state index contributed by atoms with van der Waals surface area (Å²) in [6.07, 6.45) is 6.38. The second-order valence-corrected chi connectivity index (χ2v) is 4.40. The molecule has 0 aliphatic heterocycles. The van der Waals surface area contributed by atoms with Gasteiger partial charge in [0.25, 0.3) is 0 Å². The van der Waals surface area contributed by atoms with Gasteiger partial charge in [0.2, 0.25) is 0 Å². The van der Waals surface area contributed by atoms with Gasteiger partial charge >= 0.3 is 0 Å². The fourth-order valence-corrected chi connectivity index (χ4v) is 1.90. The van der Waals surface area contributed by atoms with E-state index in [1.165, 1.54) is 11.9 Å². The second-order valence-electron chi connectivity index (χ2n) is 4.05. The molecule has 0 fully saturated rings. The van der Waals surface area contributed by atoms with Crippen molar-refractivity contribution in [2.75, 3.05) is 18.5 Å². The summed E-state index contributed by atoms with van der Waals surface area (Å²) in [4.78, 5) is 24.8. The van der Waals surface area contributed by atoms with E-state index < -0.39 is 0 Å². The van der Waals surface area contributed by atoms with Crippen LogP contribution in [0.4, 0.5) is 5.82 Å². The molecule has 6 heteroatoms. The Morgan fingerprint density at radius 1 is 1.32 bits per heavy atom. The fraction of sp³-hybridized carbons (Fsp3) is 0.231. The summed E-state index contributed by atoms with van der Waals surface area (Å²) in [6, 6.07) is 3.92. The number of halogens is 1. The zero-order valence-corrected chi connectivity index (χ0v) is 11.2. The maximum absolute atomic E-state index is 11.0. The molecule has 0 spiro atoms. The van der Waals surface area contributed by atoms with E-state index in [0.717, 1.165) is 13.0 Å². The van der Waals surface area contributed by atoms with Crippen LogP contribution in [0.1, 0.15) is 15.9 Å². The zero-order valence-electron chi connectivity index (χ0n) is 10.5. The average molecular weight is 277 g/mol. The van der Waals surface area contributed by atoms with Gasteiger partial charge in [0.1, 0.15) is 17.3 Å². The van der Waals surface area contributed by atoms with E-state index in [4.69, 9.17) is 11.6 Å². The summed E-state index contributed by atoms with van der Waals surface area (Å²) in [5.41, 5.74) is 1.50. The Balaban J connectivity index is 2.10. The molecule has 0 saturated carbocycles. The first-order chi connectivity index (χ1) is 9.22. The zero-order chi connectivity index (χ0) is 13.7. The highest BCUT2D eigenvalue weighted by Crippen LogP contribution is 2.20. The minimum Gasteiger partial charge on any atom is -0.359 e. The van der Waals surface area contributed by atoms with Crippen LogP contribution in [-0.4, -0.2) is 34.8 Å². The Labute approximate surface area is 116 Å². The number of rotatable bonds is 5. The summed E-state index contributed by atoms with van der Waals surface area (Å²) in [7, 11) is 1.87. The number of carbonyl (C=O) groups is 1. The molecule has 2 aromatic heterocycles. The van der Waals surface area contributed by atoms with Crippen LogP contribution in [0.2, 0.25) is 5.15 Å². The van der Waals surface area contributed by atoms with Crippen molar-refractivity contribution in [3.63, 3.8) is 0 Å². The van der Waals surface area contributed by atoms with E-state index >= 15 is 0 Å². The van der Waals surface area contributed by atoms with Gasteiger partial charge in [-0.1, -0.05) is 11.6 Å². The largest absolute Gasteiger partial charge is 0.359 e. The molecule has 0 atom stereocenters. The van der Waals surface area contributed by atoms with Crippen LogP contribution >= 0.6 is 11.6 Å².